The summed E-state index contributed by atoms with van der Waals surface area (Å²) in [6.07, 6.45) is 0.811. The molecule has 1 aromatic rings. The van der Waals surface area contributed by atoms with Gasteiger partial charge in [0.25, 0.3) is 0 Å². The Labute approximate surface area is 104 Å². The molecule has 1 unspecified atom stereocenters. The number of rotatable bonds is 3. The van der Waals surface area contributed by atoms with Crippen LogP contribution in [0.25, 0.3) is 0 Å². The first-order valence-electron chi connectivity index (χ1n) is 5.14. The van der Waals surface area contributed by atoms with E-state index in [2.05, 4.69) is 4.72 Å². The Morgan fingerprint density at radius 1 is 1.47 bits per heavy atom. The molecular formula is C10H13FN2O2S2. The maximum Gasteiger partial charge on any atom is 0.242 e. The Bertz CT molecular complexity index is 513. The molecule has 0 saturated carbocycles. The largest absolute Gasteiger partial charge is 0.398 e. The zero-order chi connectivity index (χ0) is 12.5. The molecule has 0 bridgehead atoms. The van der Waals surface area contributed by atoms with Crippen molar-refractivity contribution in [2.75, 3.05) is 17.2 Å². The number of sulfonamides is 1. The smallest absolute Gasteiger partial charge is 0.242 e. The highest BCUT2D eigenvalue weighted by Gasteiger charge is 2.24. The Kier molecular flexibility index (Phi) is 3.60. The number of nitrogen functional groups attached to an aromatic ring is 1. The highest BCUT2D eigenvalue weighted by molar-refractivity contribution is 7.99. The van der Waals surface area contributed by atoms with Crippen LogP contribution in [0.2, 0.25) is 0 Å². The van der Waals surface area contributed by atoms with Crippen LogP contribution in [-0.4, -0.2) is 26.0 Å². The predicted octanol–water partition coefficient (Wildman–Crippen LogP) is 1.19. The van der Waals surface area contributed by atoms with Crippen LogP contribution in [0.1, 0.15) is 6.42 Å². The predicted molar refractivity (Wildman–Crippen MR) is 66.9 cm³/mol. The highest BCUT2D eigenvalue weighted by atomic mass is 32.2. The fourth-order valence-electron chi connectivity index (χ4n) is 1.67. The van der Waals surface area contributed by atoms with Crippen molar-refractivity contribution in [3.05, 3.63) is 24.0 Å². The molecule has 7 heteroatoms. The lowest BCUT2D eigenvalue weighted by atomic mass is 10.3. The van der Waals surface area contributed by atoms with Crippen LogP contribution in [-0.2, 0) is 10.0 Å². The average molecular weight is 276 g/mol. The van der Waals surface area contributed by atoms with E-state index in [1.165, 1.54) is 6.07 Å². The van der Waals surface area contributed by atoms with Crippen LogP contribution >= 0.6 is 11.8 Å². The van der Waals surface area contributed by atoms with Crippen molar-refractivity contribution in [2.24, 2.45) is 0 Å². The van der Waals surface area contributed by atoms with Crippen LogP contribution in [0.3, 0.4) is 0 Å². The number of nitrogens with one attached hydrogen (secondary N) is 1. The molecule has 1 atom stereocenters. The van der Waals surface area contributed by atoms with E-state index in [1.807, 2.05) is 0 Å². The number of anilines is 1. The Balaban J connectivity index is 2.24. The summed E-state index contributed by atoms with van der Waals surface area (Å²) in [7, 11) is -3.65. The van der Waals surface area contributed by atoms with Gasteiger partial charge in [0.1, 0.15) is 10.7 Å². The molecule has 1 aliphatic heterocycles. The summed E-state index contributed by atoms with van der Waals surface area (Å²) >= 11 is 1.71. The second-order valence-electron chi connectivity index (χ2n) is 3.86. The SMILES string of the molecule is Nc1cc(F)ccc1S(=O)(=O)NC1CCSC1. The van der Waals surface area contributed by atoms with Crippen molar-refractivity contribution < 1.29 is 12.8 Å². The van der Waals surface area contributed by atoms with Gasteiger partial charge in [-0.1, -0.05) is 0 Å². The number of nitrogens with two attached hydrogens (primary N) is 1. The van der Waals surface area contributed by atoms with Crippen molar-refractivity contribution in [1.82, 2.24) is 4.72 Å². The quantitative estimate of drug-likeness (QED) is 0.814. The van der Waals surface area contributed by atoms with Crippen LogP contribution in [0.15, 0.2) is 23.1 Å². The fraction of sp³-hybridized carbons (Fsp3) is 0.400. The Hall–Kier alpha value is -0.790. The second kappa shape index (κ2) is 4.83. The summed E-state index contributed by atoms with van der Waals surface area (Å²) in [5.41, 5.74) is 5.45. The molecule has 2 rings (SSSR count). The van der Waals surface area contributed by atoms with Gasteiger partial charge in [0.2, 0.25) is 10.0 Å². The molecule has 0 spiro atoms. The zero-order valence-electron chi connectivity index (χ0n) is 9.02. The van der Waals surface area contributed by atoms with Crippen molar-refractivity contribution in [1.29, 1.82) is 0 Å². The molecule has 0 radical (unpaired) electrons. The maximum absolute atomic E-state index is 12.8. The molecule has 1 saturated heterocycles. The van der Waals surface area contributed by atoms with Crippen LogP contribution in [0, 0.1) is 5.82 Å². The van der Waals surface area contributed by atoms with Crippen molar-refractivity contribution in [2.45, 2.75) is 17.4 Å². The minimum atomic E-state index is -3.65. The average Bonchev–Trinajstić information content (AvgIpc) is 2.68. The van der Waals surface area contributed by atoms with E-state index in [0.717, 1.165) is 30.1 Å². The summed E-state index contributed by atoms with van der Waals surface area (Å²) < 4.78 is 39.4. The first-order chi connectivity index (χ1) is 7.99. The number of hydrogen-bond donors (Lipinski definition) is 2. The van der Waals surface area contributed by atoms with Crippen molar-refractivity contribution >= 4 is 27.5 Å². The standard InChI is InChI=1S/C10H13FN2O2S2/c11-7-1-2-10(9(12)5-7)17(14,15)13-8-3-4-16-6-8/h1-2,5,8,13H,3-4,6,12H2. The van der Waals surface area contributed by atoms with E-state index in [0.29, 0.717) is 0 Å². The van der Waals surface area contributed by atoms with E-state index in [1.54, 1.807) is 11.8 Å². The van der Waals surface area contributed by atoms with Crippen LogP contribution in [0.5, 0.6) is 0 Å². The molecule has 1 fully saturated rings. The van der Waals surface area contributed by atoms with Gasteiger partial charge in [0.05, 0.1) is 5.69 Å². The summed E-state index contributed by atoms with van der Waals surface area (Å²) in [5, 5.41) is 0. The number of benzene rings is 1. The first kappa shape index (κ1) is 12.7. The summed E-state index contributed by atoms with van der Waals surface area (Å²) in [4.78, 5) is -0.0594. The molecule has 94 valence electrons. The van der Waals surface area contributed by atoms with Crippen molar-refractivity contribution in [3.63, 3.8) is 0 Å². The molecule has 1 heterocycles. The molecule has 1 aliphatic rings. The third kappa shape index (κ3) is 2.91. The third-order valence-corrected chi connectivity index (χ3v) is 5.27. The number of thioether (sulfide) groups is 1. The Morgan fingerprint density at radius 2 is 2.24 bits per heavy atom. The number of halogens is 1. The fourth-order valence-corrected chi connectivity index (χ4v) is 4.32. The molecule has 0 aliphatic carbocycles. The van der Waals surface area contributed by atoms with Gasteiger partial charge < -0.3 is 5.73 Å². The second-order valence-corrected chi connectivity index (χ2v) is 6.70. The van der Waals surface area contributed by atoms with Gasteiger partial charge in [-0.2, -0.15) is 11.8 Å². The molecular weight excluding hydrogens is 263 g/mol. The summed E-state index contributed by atoms with van der Waals surface area (Å²) in [6.45, 7) is 0. The maximum atomic E-state index is 12.8. The van der Waals surface area contributed by atoms with E-state index >= 15 is 0 Å². The van der Waals surface area contributed by atoms with Gasteiger partial charge in [-0.15, -0.1) is 0 Å². The van der Waals surface area contributed by atoms with Gasteiger partial charge in [-0.3, -0.25) is 0 Å². The highest BCUT2D eigenvalue weighted by Crippen LogP contribution is 2.22. The van der Waals surface area contributed by atoms with E-state index in [-0.39, 0.29) is 16.6 Å². The summed E-state index contributed by atoms with van der Waals surface area (Å²) in [5.74, 6) is 1.17. The molecule has 0 amide bonds. The van der Waals surface area contributed by atoms with Crippen LogP contribution in [0.4, 0.5) is 10.1 Å². The molecule has 4 nitrogen and oxygen atoms in total. The zero-order valence-corrected chi connectivity index (χ0v) is 10.7. The molecule has 0 aromatic heterocycles. The van der Waals surface area contributed by atoms with Gasteiger partial charge in [0, 0.05) is 11.8 Å². The first-order valence-corrected chi connectivity index (χ1v) is 7.78. The van der Waals surface area contributed by atoms with E-state index < -0.39 is 15.8 Å². The van der Waals surface area contributed by atoms with Gasteiger partial charge in [-0.25, -0.2) is 17.5 Å². The lowest BCUT2D eigenvalue weighted by molar-refractivity contribution is 0.563. The van der Waals surface area contributed by atoms with E-state index in [4.69, 9.17) is 5.73 Å². The van der Waals surface area contributed by atoms with E-state index in [9.17, 15) is 12.8 Å². The van der Waals surface area contributed by atoms with Gasteiger partial charge >= 0.3 is 0 Å². The topological polar surface area (TPSA) is 72.2 Å². The lowest BCUT2D eigenvalue weighted by Gasteiger charge is -2.13. The normalized spacial score (nSPS) is 20.6. The molecule has 1 aromatic carbocycles. The third-order valence-electron chi connectivity index (χ3n) is 2.51. The number of hydrogen-bond acceptors (Lipinski definition) is 4. The van der Waals surface area contributed by atoms with Crippen molar-refractivity contribution in [3.8, 4) is 0 Å². The molecule has 3 N–H and O–H groups in total. The summed E-state index contributed by atoms with van der Waals surface area (Å²) in [6, 6.07) is 3.23. The molecule has 17 heavy (non-hydrogen) atoms. The van der Waals surface area contributed by atoms with Crippen LogP contribution < -0.4 is 10.5 Å². The van der Waals surface area contributed by atoms with Gasteiger partial charge in [0.15, 0.2) is 0 Å². The van der Waals surface area contributed by atoms with Gasteiger partial charge in [-0.05, 0) is 30.4 Å². The Morgan fingerprint density at radius 3 is 2.82 bits per heavy atom. The minimum Gasteiger partial charge on any atom is -0.398 e. The lowest BCUT2D eigenvalue weighted by Crippen LogP contribution is -2.35. The monoisotopic (exact) mass is 276 g/mol. The minimum absolute atomic E-state index is 0.0594.